The molecule has 0 spiro atoms. The molecule has 0 aromatic heterocycles. The summed E-state index contributed by atoms with van der Waals surface area (Å²) in [7, 11) is 0. The minimum absolute atomic E-state index is 0.122. The summed E-state index contributed by atoms with van der Waals surface area (Å²) in [6.07, 6.45) is 1.55. The topological polar surface area (TPSA) is 62.4 Å². The van der Waals surface area contributed by atoms with E-state index in [-0.39, 0.29) is 11.4 Å². The summed E-state index contributed by atoms with van der Waals surface area (Å²) in [6.45, 7) is 0. The van der Waals surface area contributed by atoms with Crippen molar-refractivity contribution in [3.63, 3.8) is 0 Å². The van der Waals surface area contributed by atoms with E-state index in [4.69, 9.17) is 10.00 Å². The van der Waals surface area contributed by atoms with Crippen molar-refractivity contribution < 1.29 is 4.74 Å². The van der Waals surface area contributed by atoms with Gasteiger partial charge in [0.15, 0.2) is 11.4 Å². The maximum atomic E-state index is 10.6. The largest absolute Gasteiger partial charge is 0.385 e. The molecule has 78 valence electrons. The van der Waals surface area contributed by atoms with Crippen LogP contribution in [0.4, 0.5) is 5.69 Å². The molecular weight excluding hydrogens is 272 g/mol. The number of nitrogens with zero attached hydrogens (tertiary/aromatic N) is 2. The van der Waals surface area contributed by atoms with Crippen molar-refractivity contribution in [2.75, 3.05) is 0 Å². The van der Waals surface area contributed by atoms with Gasteiger partial charge in [-0.1, -0.05) is 22.0 Å². The van der Waals surface area contributed by atoms with E-state index in [1.165, 1.54) is 6.07 Å². The van der Waals surface area contributed by atoms with Crippen LogP contribution in [0.5, 0.6) is 5.75 Å². The molecule has 2 aromatic rings. The molecule has 2 rings (SSSR count). The fraction of sp³-hybridized carbons (Fsp3) is 0. The summed E-state index contributed by atoms with van der Waals surface area (Å²) < 4.78 is 5.69. The summed E-state index contributed by atoms with van der Waals surface area (Å²) in [5.74, 6) is 0.197. The molecule has 0 saturated carbocycles. The maximum Gasteiger partial charge on any atom is 0.292 e. The molecule has 0 bridgehead atoms. The maximum absolute atomic E-state index is 10.6. The monoisotopic (exact) mass is 276 g/mol. The lowest BCUT2D eigenvalue weighted by Gasteiger charge is -2.04. The Morgan fingerprint density at radius 3 is 2.81 bits per heavy atom. The minimum Gasteiger partial charge on any atom is -0.385 e. The second kappa shape index (κ2) is 4.29. The molecule has 0 aliphatic carbocycles. The number of nitroso groups, excluding NO2 is 1. The summed E-state index contributed by atoms with van der Waals surface area (Å²) >= 11 is 3.34. The fourth-order valence-electron chi connectivity index (χ4n) is 1.49. The third-order valence-electron chi connectivity index (χ3n) is 2.16. The molecule has 0 amide bonds. The van der Waals surface area contributed by atoms with Gasteiger partial charge in [0, 0.05) is 9.86 Å². The zero-order chi connectivity index (χ0) is 11.5. The van der Waals surface area contributed by atoms with E-state index < -0.39 is 0 Å². The Balaban J connectivity index is 2.79. The first-order valence-corrected chi connectivity index (χ1v) is 5.17. The Morgan fingerprint density at radius 1 is 1.31 bits per heavy atom. The second-order valence-electron chi connectivity index (χ2n) is 3.06. The third kappa shape index (κ3) is 1.75. The van der Waals surface area contributed by atoms with Crippen molar-refractivity contribution in [3.05, 3.63) is 39.7 Å². The number of benzene rings is 2. The molecule has 0 fully saturated rings. The van der Waals surface area contributed by atoms with Crippen LogP contribution < -0.4 is 4.74 Å². The predicted molar refractivity (Wildman–Crippen MR) is 63.3 cm³/mol. The summed E-state index contributed by atoms with van der Waals surface area (Å²) in [4.78, 5) is 10.6. The number of nitriles is 1. The molecule has 5 heteroatoms. The molecule has 0 atom stereocenters. The molecule has 0 radical (unpaired) electrons. The molecule has 4 nitrogen and oxygen atoms in total. The quantitative estimate of drug-likeness (QED) is 0.618. The molecule has 0 aliphatic heterocycles. The van der Waals surface area contributed by atoms with Crippen LogP contribution in [-0.4, -0.2) is 0 Å². The molecule has 0 heterocycles. The van der Waals surface area contributed by atoms with Gasteiger partial charge in [-0.3, -0.25) is 0 Å². The smallest absolute Gasteiger partial charge is 0.292 e. The second-order valence-corrected chi connectivity index (χ2v) is 3.98. The Bertz CT molecular complexity index is 605. The molecule has 2 aromatic carbocycles. The Kier molecular flexibility index (Phi) is 2.84. The highest BCUT2D eigenvalue weighted by atomic mass is 79.9. The van der Waals surface area contributed by atoms with Gasteiger partial charge >= 0.3 is 0 Å². The predicted octanol–water partition coefficient (Wildman–Crippen LogP) is 3.86. The Labute approximate surface area is 99.5 Å². The van der Waals surface area contributed by atoms with Gasteiger partial charge in [-0.25, -0.2) is 0 Å². The average Bonchev–Trinajstić information content (AvgIpc) is 2.29. The van der Waals surface area contributed by atoms with E-state index in [1.807, 2.05) is 6.07 Å². The highest BCUT2D eigenvalue weighted by Crippen LogP contribution is 2.36. The van der Waals surface area contributed by atoms with E-state index in [0.29, 0.717) is 5.39 Å². The van der Waals surface area contributed by atoms with Crippen LogP contribution in [-0.2, 0) is 0 Å². The normalized spacial score (nSPS) is 9.75. The van der Waals surface area contributed by atoms with Crippen LogP contribution in [0.1, 0.15) is 0 Å². The van der Waals surface area contributed by atoms with Gasteiger partial charge in [-0.05, 0) is 34.8 Å². The Hall–Kier alpha value is -1.93. The lowest BCUT2D eigenvalue weighted by atomic mass is 10.1. The van der Waals surface area contributed by atoms with Crippen LogP contribution >= 0.6 is 15.9 Å². The van der Waals surface area contributed by atoms with E-state index in [2.05, 4.69) is 21.1 Å². The summed E-state index contributed by atoms with van der Waals surface area (Å²) in [5, 5.41) is 12.9. The van der Waals surface area contributed by atoms with Crippen LogP contribution in [0, 0.1) is 16.4 Å². The highest BCUT2D eigenvalue weighted by molar-refractivity contribution is 9.10. The Morgan fingerprint density at radius 2 is 2.12 bits per heavy atom. The van der Waals surface area contributed by atoms with E-state index in [1.54, 1.807) is 24.5 Å². The molecule has 0 saturated heterocycles. The fourth-order valence-corrected chi connectivity index (χ4v) is 1.86. The van der Waals surface area contributed by atoms with E-state index in [9.17, 15) is 4.91 Å². The molecular formula is C11H5BrN2O2. The van der Waals surface area contributed by atoms with Gasteiger partial charge in [0.05, 0.1) is 0 Å². The van der Waals surface area contributed by atoms with Crippen molar-refractivity contribution in [2.45, 2.75) is 0 Å². The van der Waals surface area contributed by atoms with Crippen LogP contribution in [0.25, 0.3) is 10.8 Å². The van der Waals surface area contributed by atoms with Crippen LogP contribution in [0.3, 0.4) is 0 Å². The summed E-state index contributed by atoms with van der Waals surface area (Å²) in [6, 6.07) is 8.71. The summed E-state index contributed by atoms with van der Waals surface area (Å²) in [5.41, 5.74) is 0.122. The molecule has 0 aliphatic rings. The molecule has 16 heavy (non-hydrogen) atoms. The van der Waals surface area contributed by atoms with Gasteiger partial charge < -0.3 is 4.74 Å². The van der Waals surface area contributed by atoms with Crippen molar-refractivity contribution in [3.8, 4) is 12.0 Å². The standard InChI is InChI=1S/C11H5BrN2O2/c12-8-2-3-9-7(5-8)1-4-10(14-15)11(9)16-6-13/h1-5H. The van der Waals surface area contributed by atoms with E-state index in [0.717, 1.165) is 9.86 Å². The number of halogens is 1. The van der Waals surface area contributed by atoms with Gasteiger partial charge in [0.25, 0.3) is 6.26 Å². The lowest BCUT2D eigenvalue weighted by Crippen LogP contribution is -1.85. The zero-order valence-electron chi connectivity index (χ0n) is 7.98. The van der Waals surface area contributed by atoms with Crippen LogP contribution in [0.2, 0.25) is 0 Å². The SMILES string of the molecule is N#COc1c(N=O)ccc2cc(Br)ccc12. The number of ether oxygens (including phenoxy) is 1. The minimum atomic E-state index is 0.122. The first kappa shape index (κ1) is 10.6. The van der Waals surface area contributed by atoms with E-state index >= 15 is 0 Å². The van der Waals surface area contributed by atoms with Gasteiger partial charge in [-0.2, -0.15) is 0 Å². The van der Waals surface area contributed by atoms with Crippen LogP contribution in [0.15, 0.2) is 40.0 Å². The van der Waals surface area contributed by atoms with Gasteiger partial charge in [0.1, 0.15) is 0 Å². The van der Waals surface area contributed by atoms with Crippen molar-refractivity contribution in [1.82, 2.24) is 0 Å². The zero-order valence-corrected chi connectivity index (χ0v) is 9.56. The number of rotatable bonds is 2. The van der Waals surface area contributed by atoms with Crippen molar-refractivity contribution >= 4 is 32.4 Å². The number of hydrogen-bond donors (Lipinski definition) is 0. The number of fused-ring (bicyclic) bond motifs is 1. The van der Waals surface area contributed by atoms with Crippen molar-refractivity contribution in [1.29, 1.82) is 5.26 Å². The number of hydrogen-bond acceptors (Lipinski definition) is 4. The van der Waals surface area contributed by atoms with Crippen molar-refractivity contribution in [2.24, 2.45) is 5.18 Å². The first-order chi connectivity index (χ1) is 7.76. The highest BCUT2D eigenvalue weighted by Gasteiger charge is 2.10. The molecule has 0 N–H and O–H groups in total. The lowest BCUT2D eigenvalue weighted by molar-refractivity contribution is 0.514. The molecule has 0 unspecified atom stereocenters. The van der Waals surface area contributed by atoms with Gasteiger partial charge in [0.2, 0.25) is 0 Å². The third-order valence-corrected chi connectivity index (χ3v) is 2.65. The average molecular weight is 277 g/mol. The first-order valence-electron chi connectivity index (χ1n) is 4.38. The van der Waals surface area contributed by atoms with Gasteiger partial charge in [-0.15, -0.1) is 10.2 Å².